The number of ether oxygens (including phenoxy) is 1. The zero-order valence-corrected chi connectivity index (χ0v) is 12.4. The van der Waals surface area contributed by atoms with Gasteiger partial charge < -0.3 is 10.1 Å². The monoisotopic (exact) mass is 318 g/mol. The third-order valence-electron chi connectivity index (χ3n) is 3.22. The molecule has 0 spiro atoms. The zero-order chi connectivity index (χ0) is 15.0. The number of sulfonamides is 1. The summed E-state index contributed by atoms with van der Waals surface area (Å²) in [6.45, 7) is 2.25. The highest BCUT2D eigenvalue weighted by Gasteiger charge is 2.37. The molecule has 1 aromatic rings. The van der Waals surface area contributed by atoms with Gasteiger partial charge in [-0.1, -0.05) is 11.6 Å². The summed E-state index contributed by atoms with van der Waals surface area (Å²) in [4.78, 5) is 12.0. The molecule has 3 N–H and O–H groups in total. The van der Waals surface area contributed by atoms with Crippen LogP contribution in [0.1, 0.15) is 19.8 Å². The van der Waals surface area contributed by atoms with E-state index in [0.717, 1.165) is 6.42 Å². The molecule has 1 unspecified atom stereocenters. The maximum absolute atomic E-state index is 12.1. The highest BCUT2D eigenvalue weighted by molar-refractivity contribution is 7.89. The van der Waals surface area contributed by atoms with Crippen molar-refractivity contribution in [2.24, 2.45) is 5.14 Å². The Morgan fingerprint density at radius 3 is 2.70 bits per heavy atom. The van der Waals surface area contributed by atoms with Crippen LogP contribution in [0.4, 0.5) is 5.69 Å². The predicted octanol–water partition coefficient (Wildman–Crippen LogP) is 1.50. The Bertz CT molecular complexity index is 639. The van der Waals surface area contributed by atoms with Gasteiger partial charge in [0.05, 0.1) is 15.6 Å². The molecule has 1 saturated heterocycles. The third kappa shape index (κ3) is 3.12. The Labute approximate surface area is 122 Å². The first-order valence-electron chi connectivity index (χ1n) is 6.00. The fourth-order valence-electron chi connectivity index (χ4n) is 1.99. The second-order valence-corrected chi connectivity index (χ2v) is 6.79. The van der Waals surface area contributed by atoms with Crippen LogP contribution in [-0.2, 0) is 19.6 Å². The second-order valence-electron chi connectivity index (χ2n) is 4.82. The maximum Gasteiger partial charge on any atom is 0.256 e. The molecule has 8 heteroatoms. The standard InChI is InChI=1S/C12H15ClN2O4S/c1-12(5-2-6-19-12)11(16)15-10-4-3-8(7-9(10)13)20(14,17)18/h3-4,7H,2,5-6H2,1H3,(H,15,16)(H2,14,17,18). The van der Waals surface area contributed by atoms with Gasteiger partial charge in [-0.25, -0.2) is 13.6 Å². The van der Waals surface area contributed by atoms with Gasteiger partial charge in [0.1, 0.15) is 5.60 Å². The molecule has 1 aliphatic rings. The van der Waals surface area contributed by atoms with Gasteiger partial charge in [-0.2, -0.15) is 0 Å². The highest BCUT2D eigenvalue weighted by atomic mass is 35.5. The number of primary sulfonamides is 1. The Balaban J connectivity index is 2.20. The van der Waals surface area contributed by atoms with E-state index in [9.17, 15) is 13.2 Å². The van der Waals surface area contributed by atoms with Gasteiger partial charge in [-0.15, -0.1) is 0 Å². The van der Waals surface area contributed by atoms with Crippen LogP contribution in [0, 0.1) is 0 Å². The molecule has 0 radical (unpaired) electrons. The van der Waals surface area contributed by atoms with Crippen LogP contribution in [0.15, 0.2) is 23.1 Å². The topological polar surface area (TPSA) is 98.5 Å². The Hall–Kier alpha value is -1.15. The quantitative estimate of drug-likeness (QED) is 0.882. The average Bonchev–Trinajstić information content (AvgIpc) is 2.78. The lowest BCUT2D eigenvalue weighted by Gasteiger charge is -2.22. The van der Waals surface area contributed by atoms with E-state index in [1.807, 2.05) is 0 Å². The number of amides is 1. The largest absolute Gasteiger partial charge is 0.365 e. The summed E-state index contributed by atoms with van der Waals surface area (Å²) in [6, 6.07) is 3.89. The lowest BCUT2D eigenvalue weighted by molar-refractivity contribution is -0.133. The smallest absolute Gasteiger partial charge is 0.256 e. The minimum absolute atomic E-state index is 0.103. The Morgan fingerprint density at radius 2 is 2.20 bits per heavy atom. The van der Waals surface area contributed by atoms with E-state index in [0.29, 0.717) is 18.7 Å². The Morgan fingerprint density at radius 1 is 1.50 bits per heavy atom. The van der Waals surface area contributed by atoms with Crippen molar-refractivity contribution in [1.29, 1.82) is 0 Å². The fraction of sp³-hybridized carbons (Fsp3) is 0.417. The number of hydrogen-bond acceptors (Lipinski definition) is 4. The molecule has 1 aromatic carbocycles. The Kier molecular flexibility index (Phi) is 4.06. The van der Waals surface area contributed by atoms with Crippen LogP contribution in [0.2, 0.25) is 5.02 Å². The molecular weight excluding hydrogens is 304 g/mol. The van der Waals surface area contributed by atoms with Crippen molar-refractivity contribution < 1.29 is 17.9 Å². The van der Waals surface area contributed by atoms with Crippen molar-refractivity contribution in [3.63, 3.8) is 0 Å². The molecule has 0 bridgehead atoms. The van der Waals surface area contributed by atoms with E-state index in [4.69, 9.17) is 21.5 Å². The van der Waals surface area contributed by atoms with Gasteiger partial charge in [-0.3, -0.25) is 4.79 Å². The summed E-state index contributed by atoms with van der Waals surface area (Å²) >= 11 is 5.96. The first-order valence-corrected chi connectivity index (χ1v) is 7.92. The van der Waals surface area contributed by atoms with Crippen molar-refractivity contribution in [2.45, 2.75) is 30.3 Å². The van der Waals surface area contributed by atoms with Gasteiger partial charge in [-0.05, 0) is 38.0 Å². The van der Waals surface area contributed by atoms with E-state index in [2.05, 4.69) is 5.32 Å². The van der Waals surface area contributed by atoms with Gasteiger partial charge in [0.25, 0.3) is 5.91 Å². The van der Waals surface area contributed by atoms with Crippen molar-refractivity contribution in [3.8, 4) is 0 Å². The summed E-state index contributed by atoms with van der Waals surface area (Å²) in [7, 11) is -3.82. The summed E-state index contributed by atoms with van der Waals surface area (Å²) < 4.78 is 27.8. The van der Waals surface area contributed by atoms with Crippen LogP contribution in [0.3, 0.4) is 0 Å². The molecule has 0 aliphatic carbocycles. The minimum atomic E-state index is -3.82. The van der Waals surface area contributed by atoms with Crippen LogP contribution in [0.5, 0.6) is 0 Å². The first kappa shape index (κ1) is 15.2. The molecule has 1 atom stereocenters. The van der Waals surface area contributed by atoms with Crippen molar-refractivity contribution in [2.75, 3.05) is 11.9 Å². The predicted molar refractivity (Wildman–Crippen MR) is 75.0 cm³/mol. The maximum atomic E-state index is 12.1. The lowest BCUT2D eigenvalue weighted by atomic mass is 10.0. The molecule has 1 amide bonds. The molecule has 20 heavy (non-hydrogen) atoms. The molecule has 6 nitrogen and oxygen atoms in total. The average molecular weight is 319 g/mol. The fourth-order valence-corrected chi connectivity index (χ4v) is 2.82. The van der Waals surface area contributed by atoms with E-state index in [1.165, 1.54) is 18.2 Å². The number of rotatable bonds is 3. The number of anilines is 1. The van der Waals surface area contributed by atoms with Gasteiger partial charge >= 0.3 is 0 Å². The number of carbonyl (C=O) groups excluding carboxylic acids is 1. The van der Waals surface area contributed by atoms with Crippen LogP contribution in [-0.4, -0.2) is 26.5 Å². The molecule has 1 fully saturated rings. The van der Waals surface area contributed by atoms with Crippen molar-refractivity contribution in [1.82, 2.24) is 0 Å². The molecule has 0 saturated carbocycles. The molecule has 1 heterocycles. The summed E-state index contributed by atoms with van der Waals surface area (Å²) in [6.07, 6.45) is 1.45. The highest BCUT2D eigenvalue weighted by Crippen LogP contribution is 2.29. The van der Waals surface area contributed by atoms with E-state index >= 15 is 0 Å². The van der Waals surface area contributed by atoms with Crippen LogP contribution >= 0.6 is 11.6 Å². The summed E-state index contributed by atoms with van der Waals surface area (Å²) in [5.74, 6) is -0.305. The number of nitrogens with one attached hydrogen (secondary N) is 1. The van der Waals surface area contributed by atoms with Gasteiger partial charge in [0.15, 0.2) is 0 Å². The van der Waals surface area contributed by atoms with Crippen molar-refractivity contribution in [3.05, 3.63) is 23.2 Å². The second kappa shape index (κ2) is 5.33. The number of carbonyl (C=O) groups is 1. The van der Waals surface area contributed by atoms with Crippen LogP contribution in [0.25, 0.3) is 0 Å². The molecule has 1 aliphatic heterocycles. The summed E-state index contributed by atoms with van der Waals surface area (Å²) in [5.41, 5.74) is -0.553. The van der Waals surface area contributed by atoms with Crippen LogP contribution < -0.4 is 10.5 Å². The molecule has 2 rings (SSSR count). The van der Waals surface area contributed by atoms with E-state index in [-0.39, 0.29) is 15.8 Å². The van der Waals surface area contributed by atoms with Gasteiger partial charge in [0, 0.05) is 6.61 Å². The van der Waals surface area contributed by atoms with E-state index in [1.54, 1.807) is 6.92 Å². The molecule has 0 aromatic heterocycles. The zero-order valence-electron chi connectivity index (χ0n) is 10.8. The third-order valence-corrected chi connectivity index (χ3v) is 4.44. The lowest BCUT2D eigenvalue weighted by Crippen LogP contribution is -2.39. The SMILES string of the molecule is CC1(C(=O)Nc2ccc(S(N)(=O)=O)cc2Cl)CCCO1. The number of halogens is 1. The van der Waals surface area contributed by atoms with Gasteiger partial charge in [0.2, 0.25) is 10.0 Å². The summed E-state index contributed by atoms with van der Waals surface area (Å²) in [5, 5.41) is 7.75. The normalized spacial score (nSPS) is 22.8. The molecular formula is C12H15ClN2O4S. The first-order chi connectivity index (χ1) is 9.22. The number of nitrogens with two attached hydrogens (primary N) is 1. The van der Waals surface area contributed by atoms with E-state index < -0.39 is 15.6 Å². The number of hydrogen-bond donors (Lipinski definition) is 2. The molecule has 110 valence electrons. The minimum Gasteiger partial charge on any atom is -0.365 e. The number of benzene rings is 1. The van der Waals surface area contributed by atoms with Crippen molar-refractivity contribution >= 4 is 33.2 Å².